The van der Waals surface area contributed by atoms with Crippen LogP contribution >= 0.6 is 0 Å². The van der Waals surface area contributed by atoms with Gasteiger partial charge in [-0.2, -0.15) is 5.26 Å². The topological polar surface area (TPSA) is 185 Å². The minimum Gasteiger partial charge on any atom is -0.497 e. The van der Waals surface area contributed by atoms with Gasteiger partial charge < -0.3 is 39.9 Å². The molecular formula is C46H43N5O7. The maximum absolute atomic E-state index is 12.3. The molecule has 1 aliphatic rings. The number of hydrogen-bond acceptors (Lipinski definition) is 7. The van der Waals surface area contributed by atoms with Gasteiger partial charge in [-0.05, 0) is 66.6 Å². The number of hydrogen-bond donors (Lipinski definition) is 3. The van der Waals surface area contributed by atoms with Gasteiger partial charge in [0.1, 0.15) is 23.3 Å². The van der Waals surface area contributed by atoms with Crippen molar-refractivity contribution in [2.75, 3.05) is 20.3 Å². The Hall–Kier alpha value is -7.26. The number of benzene rings is 5. The number of nitriles is 1. The number of nitrogens with zero attached hydrogens (tertiary/aromatic N) is 3. The monoisotopic (exact) mass is 777 g/mol. The lowest BCUT2D eigenvalue weighted by Crippen LogP contribution is -2.27. The van der Waals surface area contributed by atoms with Crippen LogP contribution in [0.1, 0.15) is 57.1 Å². The first-order valence-corrected chi connectivity index (χ1v) is 18.9. The Morgan fingerprint density at radius 2 is 1.50 bits per heavy atom. The molecule has 1 atom stereocenters. The summed E-state index contributed by atoms with van der Waals surface area (Å²) < 4.78 is 21.1. The van der Waals surface area contributed by atoms with Crippen molar-refractivity contribution < 1.29 is 33.7 Å². The third kappa shape index (κ3) is 7.62. The Morgan fingerprint density at radius 3 is 2.12 bits per heavy atom. The Morgan fingerprint density at radius 1 is 0.810 bits per heavy atom. The van der Waals surface area contributed by atoms with E-state index in [1.807, 2.05) is 79.7 Å². The largest absolute Gasteiger partial charge is 0.497 e. The fourth-order valence-corrected chi connectivity index (χ4v) is 8.15. The molecule has 0 aliphatic heterocycles. The van der Waals surface area contributed by atoms with Gasteiger partial charge in [-0.15, -0.1) is 0 Å². The number of methoxy groups -OCH3 is 1. The Labute approximate surface area is 334 Å². The van der Waals surface area contributed by atoms with Crippen LogP contribution in [0.25, 0.3) is 32.7 Å². The molecule has 2 aromatic heterocycles. The van der Waals surface area contributed by atoms with Gasteiger partial charge in [0.25, 0.3) is 0 Å². The van der Waals surface area contributed by atoms with Crippen LogP contribution in [0.4, 0.5) is 0 Å². The quantitative estimate of drug-likeness (QED) is 0.116. The predicted molar refractivity (Wildman–Crippen MR) is 221 cm³/mol. The van der Waals surface area contributed by atoms with Gasteiger partial charge in [0.05, 0.1) is 35.0 Å². The van der Waals surface area contributed by atoms with Gasteiger partial charge in [-0.25, -0.2) is 4.79 Å². The van der Waals surface area contributed by atoms with Crippen molar-refractivity contribution in [3.63, 3.8) is 0 Å². The van der Waals surface area contributed by atoms with Gasteiger partial charge >= 0.3 is 5.97 Å². The summed E-state index contributed by atoms with van der Waals surface area (Å²) in [5.74, 6) is -0.598. The molecule has 8 rings (SSSR count). The third-order valence-electron chi connectivity index (χ3n) is 10.5. The molecule has 0 spiro atoms. The lowest BCUT2D eigenvalue weighted by atomic mass is 9.86. The molecule has 12 nitrogen and oxygen atoms in total. The third-order valence-corrected chi connectivity index (χ3v) is 10.5. The molecule has 0 fully saturated rings. The molecule has 0 saturated carbocycles. The molecule has 5 aromatic carbocycles. The number of aliphatic carboxylic acids is 1. The number of carboxylic acids is 1. The van der Waals surface area contributed by atoms with E-state index in [2.05, 4.69) is 21.3 Å². The number of carbonyl (C=O) groups excluding carboxylic acids is 2. The molecule has 1 aliphatic carbocycles. The molecule has 58 heavy (non-hydrogen) atoms. The summed E-state index contributed by atoms with van der Waals surface area (Å²) in [6, 6.07) is 35.0. The van der Waals surface area contributed by atoms with Crippen molar-refractivity contribution in [2.24, 2.45) is 11.5 Å². The van der Waals surface area contributed by atoms with Crippen molar-refractivity contribution in [1.82, 2.24) is 9.13 Å². The van der Waals surface area contributed by atoms with Crippen molar-refractivity contribution in [3.05, 3.63) is 137 Å². The number of aryl methyl sites for hydroxylation is 2. The van der Waals surface area contributed by atoms with E-state index in [1.165, 1.54) is 0 Å². The van der Waals surface area contributed by atoms with Gasteiger partial charge in [0.15, 0.2) is 13.2 Å². The molecular weight excluding hydrogens is 735 g/mol. The first-order valence-electron chi connectivity index (χ1n) is 18.9. The standard InChI is InChI=1S/C23H23N3O3.C23H20N2O4/c1-28-16-12-19-21(20(13-16)29-11-10-24)17-8-5-9-18(23(25)27)22(17)26(19)14-15-6-3-2-4-7-15;1-14-10-11-18(29-13-19(26)27)21-20-16(23(24)28)8-5-9-17(20)25(22(14)21)12-15-6-3-2-4-7-15/h2-4,6-7,12-13,18H,5,8-9,11,14H2,1H3,(H2,25,27);2-11H,12-13H2,1H3,(H2,24,28)(H,26,27). The van der Waals surface area contributed by atoms with Crippen LogP contribution < -0.4 is 25.7 Å². The molecule has 0 radical (unpaired) electrons. The molecule has 0 saturated heterocycles. The van der Waals surface area contributed by atoms with Crippen LogP contribution in [0.15, 0.2) is 103 Å². The number of aromatic nitrogens is 2. The van der Waals surface area contributed by atoms with Crippen molar-refractivity contribution in [3.8, 4) is 23.3 Å². The SMILES string of the molecule is COc1cc(OCC#N)c2c3c(n(Cc4ccccc4)c2c1)C(C(N)=O)CCC3.Cc1ccc(OCC(=O)O)c2c3c(C(N)=O)cccc3n(Cc3ccccc3)c12. The fourth-order valence-electron chi connectivity index (χ4n) is 8.15. The van der Waals surface area contributed by atoms with Gasteiger partial charge in [-0.1, -0.05) is 72.8 Å². The number of amides is 2. The number of ether oxygens (including phenoxy) is 3. The van der Waals surface area contributed by atoms with Crippen LogP contribution in [0, 0.1) is 18.3 Å². The van der Waals surface area contributed by atoms with Crippen LogP contribution in [-0.2, 0) is 29.1 Å². The van der Waals surface area contributed by atoms with E-state index in [0.29, 0.717) is 46.7 Å². The second-order valence-electron chi connectivity index (χ2n) is 14.2. The highest BCUT2D eigenvalue weighted by Crippen LogP contribution is 2.44. The lowest BCUT2D eigenvalue weighted by molar-refractivity contribution is -0.139. The van der Waals surface area contributed by atoms with Gasteiger partial charge in [-0.3, -0.25) is 9.59 Å². The number of rotatable bonds is 12. The molecule has 1 unspecified atom stereocenters. The summed E-state index contributed by atoms with van der Waals surface area (Å²) >= 11 is 0. The Kier molecular flexibility index (Phi) is 11.3. The zero-order chi connectivity index (χ0) is 40.9. The number of fused-ring (bicyclic) bond motifs is 6. The van der Waals surface area contributed by atoms with E-state index in [9.17, 15) is 14.4 Å². The number of carbonyl (C=O) groups is 3. The summed E-state index contributed by atoms with van der Waals surface area (Å²) in [6.45, 7) is 2.66. The average Bonchev–Trinajstić information content (AvgIpc) is 3.73. The lowest BCUT2D eigenvalue weighted by Gasteiger charge is -2.23. The predicted octanol–water partition coefficient (Wildman–Crippen LogP) is 7.22. The fraction of sp³-hybridized carbons (Fsp3) is 0.217. The summed E-state index contributed by atoms with van der Waals surface area (Å²) in [5, 5.41) is 20.4. The van der Waals surface area contributed by atoms with Crippen molar-refractivity contribution in [2.45, 2.75) is 45.2 Å². The zero-order valence-electron chi connectivity index (χ0n) is 32.2. The molecule has 2 heterocycles. The van der Waals surface area contributed by atoms with Crippen LogP contribution in [0.3, 0.4) is 0 Å². The molecule has 0 bridgehead atoms. The van der Waals surface area contributed by atoms with Gasteiger partial charge in [0, 0.05) is 47.3 Å². The Bertz CT molecular complexity index is 2710. The summed E-state index contributed by atoms with van der Waals surface area (Å²) in [4.78, 5) is 35.5. The van der Waals surface area contributed by atoms with Crippen LogP contribution in [0.2, 0.25) is 0 Å². The number of nitrogens with two attached hydrogens (primary N) is 2. The molecule has 5 N–H and O–H groups in total. The maximum Gasteiger partial charge on any atom is 0.341 e. The highest BCUT2D eigenvalue weighted by atomic mass is 16.5. The van der Waals surface area contributed by atoms with E-state index >= 15 is 0 Å². The molecule has 2 amide bonds. The Balaban J connectivity index is 0.000000177. The van der Waals surface area contributed by atoms with E-state index in [-0.39, 0.29) is 18.4 Å². The van der Waals surface area contributed by atoms with E-state index in [0.717, 1.165) is 69.1 Å². The first-order chi connectivity index (χ1) is 28.1. The van der Waals surface area contributed by atoms with E-state index < -0.39 is 18.5 Å². The number of primary amides is 2. The van der Waals surface area contributed by atoms with Gasteiger partial charge in [0.2, 0.25) is 11.8 Å². The minimum atomic E-state index is -1.07. The maximum atomic E-state index is 12.3. The van der Waals surface area contributed by atoms with Crippen LogP contribution in [0.5, 0.6) is 17.2 Å². The highest BCUT2D eigenvalue weighted by Gasteiger charge is 2.33. The van der Waals surface area contributed by atoms with Crippen molar-refractivity contribution in [1.29, 1.82) is 5.26 Å². The minimum absolute atomic E-state index is 0.0554. The summed E-state index contributed by atoms with van der Waals surface area (Å²) in [6.07, 6.45) is 2.46. The average molecular weight is 778 g/mol. The zero-order valence-corrected chi connectivity index (χ0v) is 32.2. The molecule has 7 aromatic rings. The van der Waals surface area contributed by atoms with Crippen LogP contribution in [-0.4, -0.2) is 52.3 Å². The second-order valence-corrected chi connectivity index (χ2v) is 14.2. The van der Waals surface area contributed by atoms with E-state index in [1.54, 1.807) is 31.4 Å². The van der Waals surface area contributed by atoms with E-state index in [4.69, 9.17) is 36.0 Å². The smallest absolute Gasteiger partial charge is 0.341 e. The highest BCUT2D eigenvalue weighted by molar-refractivity contribution is 6.20. The first kappa shape index (κ1) is 39.0. The normalized spacial score (nSPS) is 13.3. The number of carboxylic acid groups (broad SMARTS) is 1. The summed E-state index contributed by atoms with van der Waals surface area (Å²) in [7, 11) is 1.60. The van der Waals surface area contributed by atoms with Crippen molar-refractivity contribution >= 4 is 50.5 Å². The second kappa shape index (κ2) is 16.9. The molecule has 12 heteroatoms. The summed E-state index contributed by atoms with van der Waals surface area (Å²) in [5.41, 5.74) is 19.8. The molecule has 294 valence electrons.